The predicted molar refractivity (Wildman–Crippen MR) is 71.5 cm³/mol. The van der Waals surface area contributed by atoms with Crippen LogP contribution in [0.4, 0.5) is 5.69 Å². The van der Waals surface area contributed by atoms with Crippen molar-refractivity contribution in [1.82, 2.24) is 5.32 Å². The second kappa shape index (κ2) is 5.75. The standard InChI is InChI=1S/C12H13N3O3S/c13-10(16)6-14-11(17)5-9-12(18)15-7-3-1-2-4-8(7)19-9/h1-4,9H,5-6H2,(H2,13,16)(H,14,17)(H,15,18)/t9-/m0/s1. The molecule has 0 radical (unpaired) electrons. The molecule has 1 aromatic rings. The Bertz CT molecular complexity index is 533. The molecule has 0 saturated carbocycles. The SMILES string of the molecule is NC(=O)CNC(=O)C[C@@H]1Sc2ccccc2NC1=O. The molecule has 100 valence electrons. The van der Waals surface area contributed by atoms with Gasteiger partial charge in [0.05, 0.1) is 17.5 Å². The van der Waals surface area contributed by atoms with Gasteiger partial charge in [0.25, 0.3) is 0 Å². The van der Waals surface area contributed by atoms with E-state index in [1.165, 1.54) is 11.8 Å². The number of para-hydroxylation sites is 1. The van der Waals surface area contributed by atoms with Crippen LogP contribution in [0.15, 0.2) is 29.2 Å². The Hall–Kier alpha value is -2.02. The van der Waals surface area contributed by atoms with Crippen LogP contribution < -0.4 is 16.4 Å². The van der Waals surface area contributed by atoms with E-state index in [1.54, 1.807) is 0 Å². The van der Waals surface area contributed by atoms with E-state index in [2.05, 4.69) is 10.6 Å². The molecule has 1 atom stereocenters. The van der Waals surface area contributed by atoms with Crippen LogP contribution in [-0.2, 0) is 14.4 Å². The molecule has 19 heavy (non-hydrogen) atoms. The molecule has 4 N–H and O–H groups in total. The minimum Gasteiger partial charge on any atom is -0.368 e. The highest BCUT2D eigenvalue weighted by Gasteiger charge is 2.28. The molecule has 0 spiro atoms. The zero-order valence-corrected chi connectivity index (χ0v) is 10.8. The zero-order valence-electron chi connectivity index (χ0n) is 10.0. The van der Waals surface area contributed by atoms with E-state index in [9.17, 15) is 14.4 Å². The molecule has 0 aromatic heterocycles. The molecule has 1 heterocycles. The fraction of sp³-hybridized carbons (Fsp3) is 0.250. The number of nitrogens with one attached hydrogen (secondary N) is 2. The van der Waals surface area contributed by atoms with Gasteiger partial charge in [-0.05, 0) is 12.1 Å². The first-order valence-corrected chi connectivity index (χ1v) is 6.56. The van der Waals surface area contributed by atoms with Gasteiger partial charge in [-0.3, -0.25) is 14.4 Å². The Morgan fingerprint density at radius 1 is 1.37 bits per heavy atom. The summed E-state index contributed by atoms with van der Waals surface area (Å²) in [5.74, 6) is -1.19. The molecule has 6 nitrogen and oxygen atoms in total. The summed E-state index contributed by atoms with van der Waals surface area (Å²) < 4.78 is 0. The maximum Gasteiger partial charge on any atom is 0.238 e. The lowest BCUT2D eigenvalue weighted by Gasteiger charge is -2.23. The van der Waals surface area contributed by atoms with Crippen LogP contribution in [0.3, 0.4) is 0 Å². The normalized spacial score (nSPS) is 17.3. The minimum absolute atomic E-state index is 0.0120. The zero-order chi connectivity index (χ0) is 13.8. The van der Waals surface area contributed by atoms with Crippen LogP contribution in [0.1, 0.15) is 6.42 Å². The van der Waals surface area contributed by atoms with Crippen molar-refractivity contribution in [2.45, 2.75) is 16.6 Å². The van der Waals surface area contributed by atoms with Crippen LogP contribution in [0.25, 0.3) is 0 Å². The largest absolute Gasteiger partial charge is 0.368 e. The summed E-state index contributed by atoms with van der Waals surface area (Å²) in [6, 6.07) is 7.39. The Kier molecular flexibility index (Phi) is 4.06. The number of hydrogen-bond acceptors (Lipinski definition) is 4. The van der Waals surface area contributed by atoms with Crippen molar-refractivity contribution < 1.29 is 14.4 Å². The maximum atomic E-state index is 11.8. The van der Waals surface area contributed by atoms with Gasteiger partial charge < -0.3 is 16.4 Å². The third-order valence-electron chi connectivity index (χ3n) is 2.54. The van der Waals surface area contributed by atoms with Gasteiger partial charge in [-0.1, -0.05) is 12.1 Å². The Morgan fingerprint density at radius 3 is 2.84 bits per heavy atom. The summed E-state index contributed by atoms with van der Waals surface area (Å²) in [7, 11) is 0. The van der Waals surface area contributed by atoms with Gasteiger partial charge in [0, 0.05) is 11.3 Å². The van der Waals surface area contributed by atoms with Gasteiger partial charge >= 0.3 is 0 Å². The Morgan fingerprint density at radius 2 is 2.11 bits per heavy atom. The number of rotatable bonds is 4. The third kappa shape index (κ3) is 3.47. The van der Waals surface area contributed by atoms with Crippen molar-refractivity contribution in [2.75, 3.05) is 11.9 Å². The Labute approximate surface area is 114 Å². The van der Waals surface area contributed by atoms with Crippen molar-refractivity contribution >= 4 is 35.2 Å². The van der Waals surface area contributed by atoms with E-state index in [4.69, 9.17) is 5.73 Å². The first-order valence-electron chi connectivity index (χ1n) is 5.68. The fourth-order valence-corrected chi connectivity index (χ4v) is 2.76. The molecule has 0 unspecified atom stereocenters. The third-order valence-corrected chi connectivity index (χ3v) is 3.81. The number of fused-ring (bicyclic) bond motifs is 1. The highest BCUT2D eigenvalue weighted by Crippen LogP contribution is 2.36. The average Bonchev–Trinajstić information content (AvgIpc) is 2.37. The van der Waals surface area contributed by atoms with Gasteiger partial charge in [0.15, 0.2) is 0 Å². The number of carbonyl (C=O) groups is 3. The van der Waals surface area contributed by atoms with E-state index in [0.29, 0.717) is 0 Å². The summed E-state index contributed by atoms with van der Waals surface area (Å²) in [4.78, 5) is 34.9. The molecule has 0 aliphatic carbocycles. The molecule has 1 aliphatic rings. The van der Waals surface area contributed by atoms with Crippen molar-refractivity contribution in [1.29, 1.82) is 0 Å². The summed E-state index contributed by atoms with van der Waals surface area (Å²) in [5.41, 5.74) is 5.68. The summed E-state index contributed by atoms with van der Waals surface area (Å²) in [6.45, 7) is -0.214. The smallest absolute Gasteiger partial charge is 0.238 e. The van der Waals surface area contributed by atoms with Crippen molar-refractivity contribution in [3.05, 3.63) is 24.3 Å². The quantitative estimate of drug-likeness (QED) is 0.727. The van der Waals surface area contributed by atoms with Crippen LogP contribution in [-0.4, -0.2) is 29.5 Å². The number of nitrogens with two attached hydrogens (primary N) is 1. The summed E-state index contributed by atoms with van der Waals surface area (Å²) in [5, 5.41) is 4.62. The Balaban J connectivity index is 1.97. The molecule has 3 amide bonds. The molecule has 2 rings (SSSR count). The van der Waals surface area contributed by atoms with Gasteiger partial charge in [0.1, 0.15) is 0 Å². The van der Waals surface area contributed by atoms with Gasteiger partial charge in [-0.25, -0.2) is 0 Å². The molecule has 1 aliphatic heterocycles. The second-order valence-corrected chi connectivity index (χ2v) is 5.28. The molecule has 0 fully saturated rings. The molecule has 0 saturated heterocycles. The minimum atomic E-state index is -0.612. The van der Waals surface area contributed by atoms with Crippen molar-refractivity contribution in [3.63, 3.8) is 0 Å². The second-order valence-electron chi connectivity index (χ2n) is 4.04. The topological polar surface area (TPSA) is 101 Å². The lowest BCUT2D eigenvalue weighted by Crippen LogP contribution is -2.38. The predicted octanol–water partition coefficient (Wildman–Crippen LogP) is 0.0910. The lowest BCUT2D eigenvalue weighted by atomic mass is 10.2. The number of hydrogen-bond donors (Lipinski definition) is 3. The number of anilines is 1. The number of benzene rings is 1. The first kappa shape index (κ1) is 13.4. The monoisotopic (exact) mass is 279 g/mol. The lowest BCUT2D eigenvalue weighted by molar-refractivity contribution is -0.126. The first-order chi connectivity index (χ1) is 9.06. The van der Waals surface area contributed by atoms with Gasteiger partial charge in [-0.2, -0.15) is 0 Å². The van der Waals surface area contributed by atoms with Crippen LogP contribution in [0.2, 0.25) is 0 Å². The van der Waals surface area contributed by atoms with Gasteiger partial charge in [-0.15, -0.1) is 11.8 Å². The van der Waals surface area contributed by atoms with Crippen molar-refractivity contribution in [3.8, 4) is 0 Å². The average molecular weight is 279 g/mol. The molecule has 0 bridgehead atoms. The summed E-state index contributed by atoms with van der Waals surface area (Å²) >= 11 is 1.34. The van der Waals surface area contributed by atoms with Crippen molar-refractivity contribution in [2.24, 2.45) is 5.73 Å². The van der Waals surface area contributed by atoms with E-state index < -0.39 is 11.2 Å². The molecule has 1 aromatic carbocycles. The molecule has 7 heteroatoms. The maximum absolute atomic E-state index is 11.8. The van der Waals surface area contributed by atoms with Gasteiger partial charge in [0.2, 0.25) is 17.7 Å². The van der Waals surface area contributed by atoms with E-state index in [1.807, 2.05) is 24.3 Å². The van der Waals surface area contributed by atoms with Crippen LogP contribution >= 0.6 is 11.8 Å². The molecular weight excluding hydrogens is 266 g/mol. The van der Waals surface area contributed by atoms with E-state index >= 15 is 0 Å². The van der Waals surface area contributed by atoms with Crippen LogP contribution in [0.5, 0.6) is 0 Å². The summed E-state index contributed by atoms with van der Waals surface area (Å²) in [6.07, 6.45) is 0.0120. The van der Waals surface area contributed by atoms with E-state index in [-0.39, 0.29) is 24.8 Å². The number of thioether (sulfide) groups is 1. The highest BCUT2D eigenvalue weighted by molar-refractivity contribution is 8.01. The fourth-order valence-electron chi connectivity index (χ4n) is 1.65. The number of amides is 3. The number of primary amides is 1. The highest BCUT2D eigenvalue weighted by atomic mass is 32.2. The number of carbonyl (C=O) groups excluding carboxylic acids is 3. The molecular formula is C12H13N3O3S. The van der Waals surface area contributed by atoms with Crippen LogP contribution in [0, 0.1) is 0 Å². The van der Waals surface area contributed by atoms with E-state index in [0.717, 1.165) is 10.6 Å².